The summed E-state index contributed by atoms with van der Waals surface area (Å²) in [6.45, 7) is 11.4. The molecule has 0 bridgehead atoms. The number of methoxy groups -OCH3 is 2. The van der Waals surface area contributed by atoms with Crippen molar-refractivity contribution >= 4 is 18.1 Å². The topological polar surface area (TPSA) is 74.3 Å². The number of carbonyl (C=O) groups excluding carboxylic acids is 2. The van der Waals surface area contributed by atoms with Crippen LogP contribution in [0.3, 0.4) is 0 Å². The quantitative estimate of drug-likeness (QED) is 0.363. The van der Waals surface area contributed by atoms with Gasteiger partial charge in [-0.15, -0.1) is 0 Å². The molecular formula is C29H37NO6. The normalized spacial score (nSPS) is 15.9. The minimum Gasteiger partial charge on any atom is -0.497 e. The van der Waals surface area contributed by atoms with E-state index < -0.39 is 17.1 Å². The maximum absolute atomic E-state index is 13.2. The van der Waals surface area contributed by atoms with Crippen LogP contribution in [0.2, 0.25) is 0 Å². The molecular weight excluding hydrogens is 458 g/mol. The second-order valence-electron chi connectivity index (χ2n) is 10.8. The highest BCUT2D eigenvalue weighted by molar-refractivity contribution is 5.79. The lowest BCUT2D eigenvalue weighted by atomic mass is 9.91. The average molecular weight is 496 g/mol. The third kappa shape index (κ3) is 6.59. The second kappa shape index (κ2) is 10.6. The molecule has 1 heterocycles. The number of amides is 1. The fourth-order valence-electron chi connectivity index (χ4n) is 3.80. The predicted molar refractivity (Wildman–Crippen MR) is 139 cm³/mol. The molecule has 194 valence electrons. The minimum atomic E-state index is -0.655. The van der Waals surface area contributed by atoms with E-state index in [2.05, 4.69) is 0 Å². The number of rotatable bonds is 5. The van der Waals surface area contributed by atoms with E-state index in [1.54, 1.807) is 32.8 Å². The Hall–Kier alpha value is -3.48. The predicted octanol–water partition coefficient (Wildman–Crippen LogP) is 6.20. The van der Waals surface area contributed by atoms with Gasteiger partial charge in [-0.05, 0) is 88.9 Å². The summed E-state index contributed by atoms with van der Waals surface area (Å²) in [5, 5.41) is 0. The lowest BCUT2D eigenvalue weighted by Crippen LogP contribution is -2.42. The van der Waals surface area contributed by atoms with Gasteiger partial charge in [0.05, 0.1) is 25.7 Å². The fourth-order valence-corrected chi connectivity index (χ4v) is 3.80. The van der Waals surface area contributed by atoms with Crippen LogP contribution in [-0.4, -0.2) is 43.3 Å². The monoisotopic (exact) mass is 495 g/mol. The van der Waals surface area contributed by atoms with Crippen molar-refractivity contribution in [2.75, 3.05) is 20.8 Å². The summed E-state index contributed by atoms with van der Waals surface area (Å²) in [4.78, 5) is 27.4. The van der Waals surface area contributed by atoms with Crippen LogP contribution in [0.4, 0.5) is 4.79 Å². The zero-order chi connectivity index (χ0) is 26.7. The van der Waals surface area contributed by atoms with Gasteiger partial charge in [0.1, 0.15) is 11.4 Å². The van der Waals surface area contributed by atoms with E-state index in [4.69, 9.17) is 18.9 Å². The van der Waals surface area contributed by atoms with Gasteiger partial charge >= 0.3 is 12.1 Å². The van der Waals surface area contributed by atoms with E-state index in [-0.39, 0.29) is 12.1 Å². The van der Waals surface area contributed by atoms with Gasteiger partial charge in [-0.1, -0.05) is 24.3 Å². The minimum absolute atomic E-state index is 0.345. The summed E-state index contributed by atoms with van der Waals surface area (Å²) in [7, 11) is 3.16. The number of nitrogens with zero attached hydrogens (tertiary/aromatic N) is 1. The van der Waals surface area contributed by atoms with E-state index in [0.29, 0.717) is 24.5 Å². The Morgan fingerprint density at radius 3 is 2.17 bits per heavy atom. The van der Waals surface area contributed by atoms with Crippen molar-refractivity contribution in [1.82, 2.24) is 4.90 Å². The zero-order valence-corrected chi connectivity index (χ0v) is 22.5. The molecule has 0 aliphatic carbocycles. The maximum Gasteiger partial charge on any atom is 0.411 e. The first-order valence-corrected chi connectivity index (χ1v) is 12.1. The summed E-state index contributed by atoms with van der Waals surface area (Å²) < 4.78 is 22.2. The lowest BCUT2D eigenvalue weighted by Gasteiger charge is -2.37. The van der Waals surface area contributed by atoms with Crippen molar-refractivity contribution in [3.63, 3.8) is 0 Å². The molecule has 1 atom stereocenters. The molecule has 1 amide bonds. The van der Waals surface area contributed by atoms with Crippen molar-refractivity contribution in [2.45, 2.75) is 59.6 Å². The van der Waals surface area contributed by atoms with Gasteiger partial charge in [-0.25, -0.2) is 4.79 Å². The molecule has 0 radical (unpaired) electrons. The molecule has 0 fully saturated rings. The van der Waals surface area contributed by atoms with Crippen molar-refractivity contribution in [1.29, 1.82) is 0 Å². The smallest absolute Gasteiger partial charge is 0.411 e. The molecule has 3 rings (SSSR count). The van der Waals surface area contributed by atoms with Gasteiger partial charge in [-0.2, -0.15) is 0 Å². The van der Waals surface area contributed by atoms with Crippen molar-refractivity contribution in [2.24, 2.45) is 5.41 Å². The molecule has 2 aromatic rings. The van der Waals surface area contributed by atoms with Crippen molar-refractivity contribution in [3.8, 4) is 17.2 Å². The first kappa shape index (κ1) is 27.1. The van der Waals surface area contributed by atoms with Gasteiger partial charge in [0.15, 0.2) is 11.5 Å². The van der Waals surface area contributed by atoms with Gasteiger partial charge in [0.2, 0.25) is 0 Å². The van der Waals surface area contributed by atoms with Crippen LogP contribution in [0.1, 0.15) is 64.3 Å². The number of esters is 1. The third-order valence-electron chi connectivity index (χ3n) is 5.73. The van der Waals surface area contributed by atoms with E-state index in [0.717, 1.165) is 22.4 Å². The molecule has 7 nitrogen and oxygen atoms in total. The summed E-state index contributed by atoms with van der Waals surface area (Å²) in [5.74, 6) is 1.23. The molecule has 0 saturated carbocycles. The van der Waals surface area contributed by atoms with Crippen LogP contribution in [0.25, 0.3) is 6.08 Å². The molecule has 36 heavy (non-hydrogen) atoms. The van der Waals surface area contributed by atoms with E-state index in [9.17, 15) is 9.59 Å². The summed E-state index contributed by atoms with van der Waals surface area (Å²) in [5.41, 5.74) is 1.57. The standard InChI is InChI=1S/C29H37NO6/c1-28(2,3)26(31)35-25-17-20-15-16-30(27(32)36-29(4,5)6)23(22(20)18-24(25)34-8)14-11-19-9-12-21(33-7)13-10-19/h9-14,17-18,23H,15-16H2,1-8H3/b14-11+/t23-/m0/s1. The van der Waals surface area contributed by atoms with Gasteiger partial charge in [0.25, 0.3) is 0 Å². The molecule has 2 aromatic carbocycles. The van der Waals surface area contributed by atoms with Crippen molar-refractivity contribution in [3.05, 3.63) is 59.2 Å². The Kier molecular flexibility index (Phi) is 8.02. The average Bonchev–Trinajstić information content (AvgIpc) is 2.80. The second-order valence-corrected chi connectivity index (χ2v) is 10.8. The van der Waals surface area contributed by atoms with Crippen LogP contribution < -0.4 is 14.2 Å². The van der Waals surface area contributed by atoms with Crippen LogP contribution in [0.15, 0.2) is 42.5 Å². The Morgan fingerprint density at radius 1 is 0.944 bits per heavy atom. The van der Waals surface area contributed by atoms with Crippen LogP contribution in [0.5, 0.6) is 17.2 Å². The Labute approximate surface area is 214 Å². The maximum atomic E-state index is 13.2. The Balaban J connectivity index is 2.03. The number of hydrogen-bond donors (Lipinski definition) is 0. The van der Waals surface area contributed by atoms with Gasteiger partial charge in [0, 0.05) is 6.54 Å². The first-order chi connectivity index (χ1) is 16.8. The fraction of sp³-hybridized carbons (Fsp3) is 0.448. The summed E-state index contributed by atoms with van der Waals surface area (Å²) in [6.07, 6.45) is 4.14. The van der Waals surface area contributed by atoms with Gasteiger partial charge < -0.3 is 18.9 Å². The van der Waals surface area contributed by atoms with E-state index >= 15 is 0 Å². The molecule has 0 saturated heterocycles. The molecule has 0 unspecified atom stereocenters. The number of ether oxygens (including phenoxy) is 4. The summed E-state index contributed by atoms with van der Waals surface area (Å²) in [6, 6.07) is 11.0. The Bertz CT molecular complexity index is 1120. The molecule has 1 aliphatic rings. The van der Waals surface area contributed by atoms with Crippen LogP contribution in [0, 0.1) is 5.41 Å². The number of carbonyl (C=O) groups is 2. The molecule has 0 N–H and O–H groups in total. The van der Waals surface area contributed by atoms with Crippen LogP contribution >= 0.6 is 0 Å². The highest BCUT2D eigenvalue weighted by Crippen LogP contribution is 2.40. The highest BCUT2D eigenvalue weighted by Gasteiger charge is 2.34. The number of fused-ring (bicyclic) bond motifs is 1. The highest BCUT2D eigenvalue weighted by atomic mass is 16.6. The summed E-state index contributed by atoms with van der Waals surface area (Å²) >= 11 is 0. The van der Waals surface area contributed by atoms with Crippen LogP contribution in [-0.2, 0) is 16.0 Å². The third-order valence-corrected chi connectivity index (χ3v) is 5.73. The van der Waals surface area contributed by atoms with Crippen molar-refractivity contribution < 1.29 is 28.5 Å². The van der Waals surface area contributed by atoms with E-state index in [1.807, 2.05) is 69.3 Å². The largest absolute Gasteiger partial charge is 0.497 e. The van der Waals surface area contributed by atoms with Gasteiger partial charge in [-0.3, -0.25) is 9.69 Å². The molecule has 7 heteroatoms. The lowest BCUT2D eigenvalue weighted by molar-refractivity contribution is -0.143. The number of benzene rings is 2. The first-order valence-electron chi connectivity index (χ1n) is 12.1. The SMILES string of the molecule is COc1ccc(/C=C/[C@H]2c3cc(OC)c(OC(=O)C(C)(C)C)cc3CCN2C(=O)OC(C)(C)C)cc1. The Morgan fingerprint density at radius 2 is 1.61 bits per heavy atom. The molecule has 1 aliphatic heterocycles. The molecule has 0 spiro atoms. The van der Waals surface area contributed by atoms with E-state index in [1.165, 1.54) is 7.11 Å². The zero-order valence-electron chi connectivity index (χ0n) is 22.5. The number of hydrogen-bond acceptors (Lipinski definition) is 6. The molecule has 0 aromatic heterocycles.